The van der Waals surface area contributed by atoms with E-state index in [2.05, 4.69) is 41.4 Å². The van der Waals surface area contributed by atoms with Crippen LogP contribution < -0.4 is 0 Å². The lowest BCUT2D eigenvalue weighted by Gasteiger charge is -2.04. The molecule has 1 aromatic heterocycles. The molecule has 0 amide bonds. The highest BCUT2D eigenvalue weighted by Crippen LogP contribution is 2.31. The quantitative estimate of drug-likeness (QED) is 0.648. The van der Waals surface area contributed by atoms with Gasteiger partial charge in [-0.25, -0.2) is 0 Å². The summed E-state index contributed by atoms with van der Waals surface area (Å²) in [6, 6.07) is 18.4. The standard InChI is InChI=1S/C17H15ClN2S/c1-12-6-5-7-13(10-12)11-15-19-20-17(21-15)16(18)14-8-3-2-4-9-14/h2-10,16H,11H2,1H3. The smallest absolute Gasteiger partial charge is 0.139 e. The molecule has 0 N–H and O–H groups in total. The fourth-order valence-corrected chi connectivity index (χ4v) is 3.41. The molecule has 1 atom stereocenters. The van der Waals surface area contributed by atoms with Crippen molar-refractivity contribution in [2.24, 2.45) is 0 Å². The number of aromatic nitrogens is 2. The first kappa shape index (κ1) is 14.2. The zero-order chi connectivity index (χ0) is 14.7. The van der Waals surface area contributed by atoms with E-state index in [0.29, 0.717) is 0 Å². The number of benzene rings is 2. The summed E-state index contributed by atoms with van der Waals surface area (Å²) in [5, 5.41) is 10.1. The maximum Gasteiger partial charge on any atom is 0.139 e. The summed E-state index contributed by atoms with van der Waals surface area (Å²) >= 11 is 8.06. The van der Waals surface area contributed by atoms with E-state index < -0.39 is 0 Å². The van der Waals surface area contributed by atoms with Gasteiger partial charge in [-0.2, -0.15) is 0 Å². The molecule has 0 radical (unpaired) electrons. The average Bonchev–Trinajstić information content (AvgIpc) is 2.96. The molecule has 1 unspecified atom stereocenters. The molecule has 4 heteroatoms. The van der Waals surface area contributed by atoms with Gasteiger partial charge in [-0.1, -0.05) is 71.5 Å². The van der Waals surface area contributed by atoms with E-state index in [1.807, 2.05) is 30.3 Å². The number of alkyl halides is 1. The van der Waals surface area contributed by atoms with Gasteiger partial charge in [-0.05, 0) is 18.1 Å². The van der Waals surface area contributed by atoms with Gasteiger partial charge < -0.3 is 0 Å². The molecule has 0 saturated heterocycles. The van der Waals surface area contributed by atoms with Crippen LogP contribution in [0.25, 0.3) is 0 Å². The summed E-state index contributed by atoms with van der Waals surface area (Å²) in [7, 11) is 0. The lowest BCUT2D eigenvalue weighted by Crippen LogP contribution is -1.91. The average molecular weight is 315 g/mol. The van der Waals surface area contributed by atoms with Gasteiger partial charge in [0.15, 0.2) is 0 Å². The highest BCUT2D eigenvalue weighted by atomic mass is 35.5. The van der Waals surface area contributed by atoms with Crippen molar-refractivity contribution in [2.75, 3.05) is 0 Å². The lowest BCUT2D eigenvalue weighted by atomic mass is 10.1. The molecule has 3 rings (SSSR count). The Kier molecular flexibility index (Phi) is 4.32. The molecule has 1 heterocycles. The van der Waals surface area contributed by atoms with Crippen molar-refractivity contribution in [3.63, 3.8) is 0 Å². The summed E-state index contributed by atoms with van der Waals surface area (Å²) in [6.07, 6.45) is 0.803. The maximum atomic E-state index is 6.48. The van der Waals surface area contributed by atoms with Gasteiger partial charge in [0, 0.05) is 6.42 Å². The van der Waals surface area contributed by atoms with E-state index in [-0.39, 0.29) is 5.38 Å². The largest absolute Gasteiger partial charge is 0.143 e. The van der Waals surface area contributed by atoms with Crippen LogP contribution in [0.2, 0.25) is 0 Å². The fraction of sp³-hybridized carbons (Fsp3) is 0.176. The summed E-state index contributed by atoms with van der Waals surface area (Å²) < 4.78 is 0. The molecule has 0 saturated carbocycles. The van der Waals surface area contributed by atoms with E-state index in [1.165, 1.54) is 11.1 Å². The molecule has 3 aromatic rings. The van der Waals surface area contributed by atoms with Gasteiger partial charge in [0.1, 0.15) is 15.4 Å². The Balaban J connectivity index is 1.77. The van der Waals surface area contributed by atoms with E-state index in [9.17, 15) is 0 Å². The summed E-state index contributed by atoms with van der Waals surface area (Å²) in [5.74, 6) is 0. The van der Waals surface area contributed by atoms with Crippen molar-refractivity contribution in [2.45, 2.75) is 18.7 Å². The van der Waals surface area contributed by atoms with Gasteiger partial charge in [0.2, 0.25) is 0 Å². The number of halogens is 1. The van der Waals surface area contributed by atoms with Crippen LogP contribution in [0.15, 0.2) is 54.6 Å². The Morgan fingerprint density at radius 3 is 2.62 bits per heavy atom. The Morgan fingerprint density at radius 1 is 1.05 bits per heavy atom. The molecule has 2 nitrogen and oxygen atoms in total. The lowest BCUT2D eigenvalue weighted by molar-refractivity contribution is 0.947. The van der Waals surface area contributed by atoms with Gasteiger partial charge in [0.05, 0.1) is 0 Å². The van der Waals surface area contributed by atoms with Gasteiger partial charge in [-0.15, -0.1) is 21.8 Å². The molecule has 0 spiro atoms. The molecule has 21 heavy (non-hydrogen) atoms. The first-order valence-electron chi connectivity index (χ1n) is 6.79. The second-order valence-electron chi connectivity index (χ2n) is 4.97. The molecular formula is C17H15ClN2S. The van der Waals surface area contributed by atoms with Crippen molar-refractivity contribution >= 4 is 22.9 Å². The summed E-state index contributed by atoms with van der Waals surface area (Å²) in [5.41, 5.74) is 3.57. The van der Waals surface area contributed by atoms with Crippen LogP contribution in [0.4, 0.5) is 0 Å². The predicted molar refractivity (Wildman–Crippen MR) is 88.0 cm³/mol. The molecule has 0 aliphatic heterocycles. The van der Waals surface area contributed by atoms with E-state index in [0.717, 1.165) is 22.0 Å². The second kappa shape index (κ2) is 6.37. The molecular weight excluding hydrogens is 300 g/mol. The van der Waals surface area contributed by atoms with Crippen molar-refractivity contribution in [3.8, 4) is 0 Å². The topological polar surface area (TPSA) is 25.8 Å². The van der Waals surface area contributed by atoms with Crippen LogP contribution in [0.5, 0.6) is 0 Å². The summed E-state index contributed by atoms with van der Waals surface area (Å²) in [4.78, 5) is 0. The zero-order valence-corrected chi connectivity index (χ0v) is 13.2. The number of nitrogens with zero attached hydrogens (tertiary/aromatic N) is 2. The van der Waals surface area contributed by atoms with Crippen molar-refractivity contribution in [3.05, 3.63) is 81.3 Å². The van der Waals surface area contributed by atoms with E-state index >= 15 is 0 Å². The first-order valence-corrected chi connectivity index (χ1v) is 8.04. The van der Waals surface area contributed by atoms with Crippen LogP contribution in [0, 0.1) is 6.92 Å². The summed E-state index contributed by atoms with van der Waals surface area (Å²) in [6.45, 7) is 2.10. The Labute approximate surface area is 133 Å². The van der Waals surface area contributed by atoms with Crippen LogP contribution >= 0.6 is 22.9 Å². The Hall–Kier alpha value is -1.71. The molecule has 0 aliphatic carbocycles. The van der Waals surface area contributed by atoms with Crippen LogP contribution in [-0.4, -0.2) is 10.2 Å². The highest BCUT2D eigenvalue weighted by molar-refractivity contribution is 7.11. The normalized spacial score (nSPS) is 12.3. The minimum absolute atomic E-state index is 0.227. The second-order valence-corrected chi connectivity index (χ2v) is 6.50. The molecule has 0 bridgehead atoms. The van der Waals surface area contributed by atoms with Crippen LogP contribution in [0.1, 0.15) is 32.1 Å². The molecule has 0 aliphatic rings. The zero-order valence-electron chi connectivity index (χ0n) is 11.7. The third kappa shape index (κ3) is 3.49. The molecule has 106 valence electrons. The Bertz CT molecular complexity index is 724. The predicted octanol–water partition coefficient (Wildman–Crippen LogP) is 4.77. The minimum atomic E-state index is -0.227. The maximum absolute atomic E-state index is 6.48. The van der Waals surface area contributed by atoms with Crippen molar-refractivity contribution < 1.29 is 0 Å². The van der Waals surface area contributed by atoms with Crippen LogP contribution in [-0.2, 0) is 6.42 Å². The molecule has 2 aromatic carbocycles. The minimum Gasteiger partial charge on any atom is -0.143 e. The third-order valence-electron chi connectivity index (χ3n) is 3.23. The van der Waals surface area contributed by atoms with Gasteiger partial charge in [-0.3, -0.25) is 0 Å². The Morgan fingerprint density at radius 2 is 1.86 bits per heavy atom. The van der Waals surface area contributed by atoms with Crippen molar-refractivity contribution in [1.82, 2.24) is 10.2 Å². The highest BCUT2D eigenvalue weighted by Gasteiger charge is 2.16. The van der Waals surface area contributed by atoms with E-state index in [4.69, 9.17) is 11.6 Å². The van der Waals surface area contributed by atoms with Gasteiger partial charge >= 0.3 is 0 Å². The third-order valence-corrected chi connectivity index (χ3v) is 4.81. The number of rotatable bonds is 4. The van der Waals surface area contributed by atoms with Crippen molar-refractivity contribution in [1.29, 1.82) is 0 Å². The van der Waals surface area contributed by atoms with E-state index in [1.54, 1.807) is 11.3 Å². The monoisotopic (exact) mass is 314 g/mol. The number of aryl methyl sites for hydroxylation is 1. The SMILES string of the molecule is Cc1cccc(Cc2nnc(C(Cl)c3ccccc3)s2)c1. The first-order chi connectivity index (χ1) is 10.2. The number of hydrogen-bond acceptors (Lipinski definition) is 3. The van der Waals surface area contributed by atoms with Crippen LogP contribution in [0.3, 0.4) is 0 Å². The molecule has 0 fully saturated rings. The fourth-order valence-electron chi connectivity index (χ4n) is 2.20. The number of hydrogen-bond donors (Lipinski definition) is 0. The van der Waals surface area contributed by atoms with Gasteiger partial charge in [0.25, 0.3) is 0 Å².